The van der Waals surface area contributed by atoms with E-state index in [0.29, 0.717) is 34.5 Å². The van der Waals surface area contributed by atoms with Gasteiger partial charge in [-0.25, -0.2) is 0 Å². The number of nitro benzene ring substituents is 1. The fraction of sp³-hybridized carbons (Fsp3) is 0.160. The summed E-state index contributed by atoms with van der Waals surface area (Å²) in [6.45, 7) is 0.555. The summed E-state index contributed by atoms with van der Waals surface area (Å²) in [5.41, 5.74) is 2.46. The quantitative estimate of drug-likeness (QED) is 0.223. The topological polar surface area (TPSA) is 107 Å². The van der Waals surface area contributed by atoms with E-state index >= 15 is 0 Å². The molecule has 0 amide bonds. The zero-order valence-corrected chi connectivity index (χ0v) is 19.5. The molecule has 10 heteroatoms. The number of rotatable bonds is 7. The van der Waals surface area contributed by atoms with Crippen molar-refractivity contribution >= 4 is 23.0 Å². The Kier molecular flexibility index (Phi) is 6.11. The first-order valence-corrected chi connectivity index (χ1v) is 11.3. The van der Waals surface area contributed by atoms with Crippen LogP contribution < -0.4 is 10.1 Å². The summed E-state index contributed by atoms with van der Waals surface area (Å²) < 4.78 is 11.7. The molecule has 4 aromatic rings. The number of nitrogens with one attached hydrogen (secondary N) is 1. The highest BCUT2D eigenvalue weighted by Crippen LogP contribution is 2.42. The molecule has 1 aliphatic heterocycles. The minimum atomic E-state index is -0.459. The molecule has 5 rings (SSSR count). The molecule has 0 bridgehead atoms. The molecule has 0 spiro atoms. The van der Waals surface area contributed by atoms with Crippen LogP contribution in [0.15, 0.2) is 83.7 Å². The van der Waals surface area contributed by atoms with Gasteiger partial charge in [-0.1, -0.05) is 6.07 Å². The number of thiocarbonyl (C=S) groups is 1. The van der Waals surface area contributed by atoms with Gasteiger partial charge in [0.25, 0.3) is 5.69 Å². The van der Waals surface area contributed by atoms with Crippen LogP contribution in [0.2, 0.25) is 0 Å². The molecule has 0 unspecified atom stereocenters. The summed E-state index contributed by atoms with van der Waals surface area (Å²) in [6.07, 6.45) is 5.25. The van der Waals surface area contributed by atoms with Crippen LogP contribution in [0.5, 0.6) is 5.75 Å². The second kappa shape index (κ2) is 9.51. The van der Waals surface area contributed by atoms with Crippen molar-refractivity contribution in [1.29, 1.82) is 0 Å². The first-order valence-electron chi connectivity index (χ1n) is 10.8. The highest BCUT2D eigenvalue weighted by atomic mass is 32.1. The van der Waals surface area contributed by atoms with Gasteiger partial charge in [-0.3, -0.25) is 20.1 Å². The number of benzene rings is 1. The molecule has 35 heavy (non-hydrogen) atoms. The molecule has 1 saturated heterocycles. The van der Waals surface area contributed by atoms with Crippen molar-refractivity contribution in [2.75, 3.05) is 7.11 Å². The monoisotopic (exact) mass is 487 g/mol. The summed E-state index contributed by atoms with van der Waals surface area (Å²) in [4.78, 5) is 21.4. The van der Waals surface area contributed by atoms with Gasteiger partial charge in [0.05, 0.1) is 35.4 Å². The summed E-state index contributed by atoms with van der Waals surface area (Å²) >= 11 is 5.72. The van der Waals surface area contributed by atoms with Crippen molar-refractivity contribution in [3.05, 3.63) is 106 Å². The number of nitro groups is 1. The molecule has 176 valence electrons. The molecule has 4 heterocycles. The molecular formula is C25H21N5O4S. The minimum Gasteiger partial charge on any atom is -0.496 e. The Balaban J connectivity index is 1.54. The SMILES string of the molecule is COc1cc([N+](=O)[O-])ccc1-c1ccc([C@@H]2[C@@H](c3ccccn3)NC(=S)N2Cc2ccncc2)o1. The zero-order chi connectivity index (χ0) is 24.4. The molecule has 1 fully saturated rings. The Labute approximate surface area is 206 Å². The fourth-order valence-corrected chi connectivity index (χ4v) is 4.53. The van der Waals surface area contributed by atoms with Crippen LogP contribution in [0, 0.1) is 10.1 Å². The smallest absolute Gasteiger partial charge is 0.273 e. The Hall–Kier alpha value is -4.31. The first-order chi connectivity index (χ1) is 17.0. The molecule has 9 nitrogen and oxygen atoms in total. The molecule has 0 radical (unpaired) electrons. The molecule has 0 saturated carbocycles. The van der Waals surface area contributed by atoms with Gasteiger partial charge in [-0.2, -0.15) is 0 Å². The largest absolute Gasteiger partial charge is 0.496 e. The number of aromatic nitrogens is 2. The number of ether oxygens (including phenoxy) is 1. The summed E-state index contributed by atoms with van der Waals surface area (Å²) in [5.74, 6) is 1.57. The Morgan fingerprint density at radius 2 is 1.97 bits per heavy atom. The first kappa shape index (κ1) is 22.5. The average Bonchev–Trinajstić information content (AvgIpc) is 3.49. The lowest BCUT2D eigenvalue weighted by Gasteiger charge is -2.26. The van der Waals surface area contributed by atoms with Crippen LogP contribution in [0.1, 0.15) is 29.1 Å². The number of hydrogen-bond donors (Lipinski definition) is 1. The van der Waals surface area contributed by atoms with Gasteiger partial charge in [0.2, 0.25) is 0 Å². The van der Waals surface area contributed by atoms with Crippen LogP contribution in [-0.2, 0) is 6.54 Å². The standard InChI is InChI=1S/C25H21N5O4S/c1-33-22-14-17(30(31)32)5-6-18(22)20-7-8-21(34-20)24-23(19-4-2-3-11-27-19)28-25(35)29(24)15-16-9-12-26-13-10-16/h2-14,23-24H,15H2,1H3,(H,28,35)/t23-,24-/m1/s1. The van der Waals surface area contributed by atoms with Crippen LogP contribution in [0.3, 0.4) is 0 Å². The van der Waals surface area contributed by atoms with Gasteiger partial charge in [-0.15, -0.1) is 0 Å². The predicted octanol–water partition coefficient (Wildman–Crippen LogP) is 4.83. The molecule has 1 aromatic carbocycles. The van der Waals surface area contributed by atoms with Gasteiger partial charge in [0, 0.05) is 31.2 Å². The highest BCUT2D eigenvalue weighted by Gasteiger charge is 2.41. The summed E-state index contributed by atoms with van der Waals surface area (Å²) in [6, 6.07) is 17.3. The maximum absolute atomic E-state index is 11.2. The van der Waals surface area contributed by atoms with Crippen molar-refractivity contribution < 1.29 is 14.1 Å². The third kappa shape index (κ3) is 4.43. The average molecular weight is 488 g/mol. The maximum Gasteiger partial charge on any atom is 0.273 e. The van der Waals surface area contributed by atoms with Gasteiger partial charge in [0.1, 0.15) is 23.3 Å². The van der Waals surface area contributed by atoms with Crippen LogP contribution in [0.4, 0.5) is 5.69 Å². The molecular weight excluding hydrogens is 466 g/mol. The second-order valence-electron chi connectivity index (χ2n) is 7.95. The van der Waals surface area contributed by atoms with Crippen molar-refractivity contribution in [3.63, 3.8) is 0 Å². The number of hydrogen-bond acceptors (Lipinski definition) is 7. The fourth-order valence-electron chi connectivity index (χ4n) is 4.22. The van der Waals surface area contributed by atoms with E-state index in [1.54, 1.807) is 24.7 Å². The van der Waals surface area contributed by atoms with E-state index in [-0.39, 0.29) is 17.8 Å². The van der Waals surface area contributed by atoms with Gasteiger partial charge in [0.15, 0.2) is 5.11 Å². The molecule has 1 N–H and O–H groups in total. The second-order valence-corrected chi connectivity index (χ2v) is 8.34. The normalized spacial score (nSPS) is 17.3. The summed E-state index contributed by atoms with van der Waals surface area (Å²) in [7, 11) is 1.47. The zero-order valence-electron chi connectivity index (χ0n) is 18.7. The third-order valence-electron chi connectivity index (χ3n) is 5.88. The lowest BCUT2D eigenvalue weighted by atomic mass is 10.0. The maximum atomic E-state index is 11.2. The highest BCUT2D eigenvalue weighted by molar-refractivity contribution is 7.80. The van der Waals surface area contributed by atoms with E-state index in [1.807, 2.05) is 42.5 Å². The molecule has 1 aliphatic rings. The van der Waals surface area contributed by atoms with E-state index in [0.717, 1.165) is 11.3 Å². The van der Waals surface area contributed by atoms with E-state index in [9.17, 15) is 10.1 Å². The molecule has 0 aliphatic carbocycles. The summed E-state index contributed by atoms with van der Waals surface area (Å²) in [5, 5.41) is 15.2. The number of furan rings is 1. The number of methoxy groups -OCH3 is 1. The van der Waals surface area contributed by atoms with Crippen molar-refractivity contribution in [2.45, 2.75) is 18.6 Å². The van der Waals surface area contributed by atoms with Gasteiger partial charge < -0.3 is 19.4 Å². The van der Waals surface area contributed by atoms with Crippen molar-refractivity contribution in [1.82, 2.24) is 20.2 Å². The third-order valence-corrected chi connectivity index (χ3v) is 6.23. The van der Waals surface area contributed by atoms with Gasteiger partial charge >= 0.3 is 0 Å². The predicted molar refractivity (Wildman–Crippen MR) is 133 cm³/mol. The minimum absolute atomic E-state index is 0.0542. The Bertz CT molecular complexity index is 1360. The lowest BCUT2D eigenvalue weighted by Crippen LogP contribution is -2.29. The molecule has 2 atom stereocenters. The van der Waals surface area contributed by atoms with E-state index in [2.05, 4.69) is 20.2 Å². The van der Waals surface area contributed by atoms with Crippen molar-refractivity contribution in [3.8, 4) is 17.1 Å². The van der Waals surface area contributed by atoms with Crippen LogP contribution >= 0.6 is 12.2 Å². The molecule has 3 aromatic heterocycles. The van der Waals surface area contributed by atoms with E-state index in [1.165, 1.54) is 19.2 Å². The number of nitrogens with zero attached hydrogens (tertiary/aromatic N) is 4. The van der Waals surface area contributed by atoms with Crippen LogP contribution in [-0.4, -0.2) is 32.0 Å². The number of non-ortho nitro benzene ring substituents is 1. The van der Waals surface area contributed by atoms with E-state index < -0.39 is 4.92 Å². The number of pyridine rings is 2. The Morgan fingerprint density at radius 1 is 1.14 bits per heavy atom. The Morgan fingerprint density at radius 3 is 2.69 bits per heavy atom. The van der Waals surface area contributed by atoms with Crippen LogP contribution in [0.25, 0.3) is 11.3 Å². The van der Waals surface area contributed by atoms with E-state index in [4.69, 9.17) is 21.4 Å². The van der Waals surface area contributed by atoms with Crippen molar-refractivity contribution in [2.24, 2.45) is 0 Å². The lowest BCUT2D eigenvalue weighted by molar-refractivity contribution is -0.384. The van der Waals surface area contributed by atoms with Gasteiger partial charge in [-0.05, 0) is 60.2 Å².